The Bertz CT molecular complexity index is 304. The van der Waals surface area contributed by atoms with Crippen molar-refractivity contribution in [1.82, 2.24) is 0 Å². The van der Waals surface area contributed by atoms with Gasteiger partial charge in [0.05, 0.1) is 5.60 Å². The molecule has 0 atom stereocenters. The Balaban J connectivity index is 3.19. The second kappa shape index (κ2) is 3.44. The summed E-state index contributed by atoms with van der Waals surface area (Å²) in [6, 6.07) is 4.54. The summed E-state index contributed by atoms with van der Waals surface area (Å²) in [5, 5.41) is 9.61. The molecule has 72 valence electrons. The molecule has 0 saturated carbocycles. The molecule has 1 rings (SSSR count). The Hall–Kier alpha value is -0.930. The van der Waals surface area contributed by atoms with Crippen molar-refractivity contribution in [3.63, 3.8) is 0 Å². The third kappa shape index (κ3) is 2.26. The van der Waals surface area contributed by atoms with E-state index in [4.69, 9.17) is 5.73 Å². The average molecular weight is 183 g/mol. The Labute approximate surface area is 77.2 Å². The average Bonchev–Trinajstić information content (AvgIpc) is 2.03. The number of halogens is 1. The highest BCUT2D eigenvalue weighted by atomic mass is 19.1. The molecule has 0 saturated heterocycles. The molecule has 0 amide bonds. The first-order valence-electron chi connectivity index (χ1n) is 4.16. The summed E-state index contributed by atoms with van der Waals surface area (Å²) in [5.74, 6) is -0.398. The molecule has 0 aliphatic rings. The first kappa shape index (κ1) is 10.2. The summed E-state index contributed by atoms with van der Waals surface area (Å²) < 4.78 is 13.2. The lowest BCUT2D eigenvalue weighted by molar-refractivity contribution is 0.0744. The Morgan fingerprint density at radius 2 is 2.08 bits per heavy atom. The van der Waals surface area contributed by atoms with Crippen LogP contribution < -0.4 is 5.73 Å². The molecule has 0 bridgehead atoms. The molecular formula is C10H14FNO. The third-order valence-corrected chi connectivity index (χ3v) is 1.93. The standard InChI is InChI=1S/C10H14FNO/c1-10(2,13)8-5-7(6-12)3-4-9(8)11/h3-5,13H,6,12H2,1-2H3. The lowest BCUT2D eigenvalue weighted by Gasteiger charge is -2.19. The zero-order valence-electron chi connectivity index (χ0n) is 7.84. The van der Waals surface area contributed by atoms with Crippen molar-refractivity contribution >= 4 is 0 Å². The predicted octanol–water partition coefficient (Wildman–Crippen LogP) is 1.51. The van der Waals surface area contributed by atoms with Gasteiger partial charge in [0, 0.05) is 12.1 Å². The van der Waals surface area contributed by atoms with Crippen LogP contribution in [0.1, 0.15) is 25.0 Å². The highest BCUT2D eigenvalue weighted by Gasteiger charge is 2.20. The minimum Gasteiger partial charge on any atom is -0.386 e. The number of aliphatic hydroxyl groups is 1. The molecule has 0 spiro atoms. The molecule has 13 heavy (non-hydrogen) atoms. The van der Waals surface area contributed by atoms with Crippen LogP contribution in [-0.2, 0) is 12.1 Å². The third-order valence-electron chi connectivity index (χ3n) is 1.93. The summed E-state index contributed by atoms with van der Waals surface area (Å²) in [6.07, 6.45) is 0. The van der Waals surface area contributed by atoms with Gasteiger partial charge in [-0.2, -0.15) is 0 Å². The highest BCUT2D eigenvalue weighted by molar-refractivity contribution is 5.28. The minimum absolute atomic E-state index is 0.287. The fourth-order valence-electron chi connectivity index (χ4n) is 1.17. The van der Waals surface area contributed by atoms with E-state index in [1.165, 1.54) is 6.07 Å². The number of nitrogens with two attached hydrogens (primary N) is 1. The van der Waals surface area contributed by atoms with Gasteiger partial charge in [-0.25, -0.2) is 4.39 Å². The van der Waals surface area contributed by atoms with Crippen LogP contribution in [-0.4, -0.2) is 5.11 Å². The van der Waals surface area contributed by atoms with E-state index in [0.717, 1.165) is 5.56 Å². The van der Waals surface area contributed by atoms with Crippen molar-refractivity contribution < 1.29 is 9.50 Å². The van der Waals surface area contributed by atoms with Crippen LogP contribution in [0.25, 0.3) is 0 Å². The van der Waals surface area contributed by atoms with Crippen molar-refractivity contribution in [3.8, 4) is 0 Å². The molecule has 0 aliphatic heterocycles. The normalized spacial score (nSPS) is 11.8. The topological polar surface area (TPSA) is 46.2 Å². The van der Waals surface area contributed by atoms with Gasteiger partial charge in [-0.15, -0.1) is 0 Å². The van der Waals surface area contributed by atoms with E-state index in [0.29, 0.717) is 6.54 Å². The second-order valence-electron chi connectivity index (χ2n) is 3.58. The fraction of sp³-hybridized carbons (Fsp3) is 0.400. The van der Waals surface area contributed by atoms with E-state index < -0.39 is 11.4 Å². The van der Waals surface area contributed by atoms with Crippen LogP contribution in [0, 0.1) is 5.82 Å². The van der Waals surface area contributed by atoms with E-state index in [1.807, 2.05) is 0 Å². The monoisotopic (exact) mass is 183 g/mol. The summed E-state index contributed by atoms with van der Waals surface area (Å²) in [5.41, 5.74) is 5.36. The van der Waals surface area contributed by atoms with Gasteiger partial charge in [0.15, 0.2) is 0 Å². The fourth-order valence-corrected chi connectivity index (χ4v) is 1.17. The number of hydrogen-bond donors (Lipinski definition) is 2. The number of hydrogen-bond acceptors (Lipinski definition) is 2. The van der Waals surface area contributed by atoms with E-state index in [-0.39, 0.29) is 5.56 Å². The van der Waals surface area contributed by atoms with Crippen molar-refractivity contribution in [1.29, 1.82) is 0 Å². The molecular weight excluding hydrogens is 169 g/mol. The quantitative estimate of drug-likeness (QED) is 0.730. The Kier molecular flexibility index (Phi) is 2.68. The lowest BCUT2D eigenvalue weighted by atomic mass is 9.96. The molecule has 0 heterocycles. The van der Waals surface area contributed by atoms with Gasteiger partial charge in [0.1, 0.15) is 5.82 Å². The van der Waals surface area contributed by atoms with E-state index in [2.05, 4.69) is 0 Å². The minimum atomic E-state index is -1.16. The molecule has 0 aliphatic carbocycles. The maximum absolute atomic E-state index is 13.2. The SMILES string of the molecule is CC(C)(O)c1cc(CN)ccc1F. The second-order valence-corrected chi connectivity index (χ2v) is 3.58. The van der Waals surface area contributed by atoms with E-state index >= 15 is 0 Å². The molecule has 0 fully saturated rings. The molecule has 3 heteroatoms. The van der Waals surface area contributed by atoms with Crippen LogP contribution in [0.3, 0.4) is 0 Å². The molecule has 2 nitrogen and oxygen atoms in total. The van der Waals surface area contributed by atoms with Crippen LogP contribution in [0.2, 0.25) is 0 Å². The highest BCUT2D eigenvalue weighted by Crippen LogP contribution is 2.23. The largest absolute Gasteiger partial charge is 0.386 e. The molecule has 3 N–H and O–H groups in total. The number of rotatable bonds is 2. The molecule has 1 aromatic carbocycles. The van der Waals surface area contributed by atoms with Gasteiger partial charge in [-0.1, -0.05) is 6.07 Å². The zero-order valence-corrected chi connectivity index (χ0v) is 7.84. The Morgan fingerprint density at radius 1 is 1.46 bits per heavy atom. The number of benzene rings is 1. The maximum atomic E-state index is 13.2. The van der Waals surface area contributed by atoms with Crippen LogP contribution in [0.4, 0.5) is 4.39 Å². The van der Waals surface area contributed by atoms with Crippen molar-refractivity contribution in [3.05, 3.63) is 35.1 Å². The summed E-state index contributed by atoms with van der Waals surface area (Å²) in [6.45, 7) is 3.45. The first-order chi connectivity index (χ1) is 5.95. The Morgan fingerprint density at radius 3 is 2.54 bits per heavy atom. The molecule has 0 aromatic heterocycles. The van der Waals surface area contributed by atoms with Crippen molar-refractivity contribution in [2.75, 3.05) is 0 Å². The molecule has 1 aromatic rings. The molecule has 0 unspecified atom stereocenters. The van der Waals surface area contributed by atoms with Gasteiger partial charge in [-0.05, 0) is 31.5 Å². The van der Waals surface area contributed by atoms with Gasteiger partial charge in [-0.3, -0.25) is 0 Å². The zero-order chi connectivity index (χ0) is 10.1. The lowest BCUT2D eigenvalue weighted by Crippen LogP contribution is -2.18. The van der Waals surface area contributed by atoms with E-state index in [1.54, 1.807) is 26.0 Å². The molecule has 0 radical (unpaired) electrons. The summed E-state index contributed by atoms with van der Waals surface area (Å²) in [4.78, 5) is 0. The van der Waals surface area contributed by atoms with Crippen LogP contribution in [0.5, 0.6) is 0 Å². The van der Waals surface area contributed by atoms with Gasteiger partial charge in [0.2, 0.25) is 0 Å². The predicted molar refractivity (Wildman–Crippen MR) is 49.5 cm³/mol. The summed E-state index contributed by atoms with van der Waals surface area (Å²) >= 11 is 0. The maximum Gasteiger partial charge on any atom is 0.129 e. The van der Waals surface area contributed by atoms with Gasteiger partial charge >= 0.3 is 0 Å². The van der Waals surface area contributed by atoms with Crippen molar-refractivity contribution in [2.45, 2.75) is 26.0 Å². The van der Waals surface area contributed by atoms with Gasteiger partial charge in [0.25, 0.3) is 0 Å². The smallest absolute Gasteiger partial charge is 0.129 e. The summed E-state index contributed by atoms with van der Waals surface area (Å²) in [7, 11) is 0. The van der Waals surface area contributed by atoms with Crippen LogP contribution >= 0.6 is 0 Å². The van der Waals surface area contributed by atoms with Crippen LogP contribution in [0.15, 0.2) is 18.2 Å². The van der Waals surface area contributed by atoms with Crippen molar-refractivity contribution in [2.24, 2.45) is 5.73 Å². The first-order valence-corrected chi connectivity index (χ1v) is 4.16. The van der Waals surface area contributed by atoms with Gasteiger partial charge < -0.3 is 10.8 Å². The van der Waals surface area contributed by atoms with E-state index in [9.17, 15) is 9.50 Å².